The third kappa shape index (κ3) is 2.64. The maximum absolute atomic E-state index is 12.5. The Labute approximate surface area is 120 Å². The SMILES string of the molecule is FC(F)(F)C[Se]c1cccc2ncc3ccccc3c12. The second-order valence-corrected chi connectivity index (χ2v) is 6.53. The van der Waals surface area contributed by atoms with Crippen molar-refractivity contribution in [2.75, 3.05) is 0 Å². The molecule has 0 radical (unpaired) electrons. The zero-order valence-electron chi connectivity index (χ0n) is 10.3. The molecule has 0 aliphatic heterocycles. The van der Waals surface area contributed by atoms with Gasteiger partial charge >= 0.3 is 119 Å². The number of alkyl halides is 3. The van der Waals surface area contributed by atoms with Crippen LogP contribution in [-0.2, 0) is 0 Å². The molecule has 102 valence electrons. The van der Waals surface area contributed by atoms with Gasteiger partial charge in [-0.2, -0.15) is 0 Å². The molecular formula is C15H10F3NSe. The molecule has 0 amide bonds. The van der Waals surface area contributed by atoms with Crippen LogP contribution >= 0.6 is 0 Å². The Morgan fingerprint density at radius 1 is 1.00 bits per heavy atom. The zero-order valence-corrected chi connectivity index (χ0v) is 12.0. The average molecular weight is 340 g/mol. The van der Waals surface area contributed by atoms with Crippen LogP contribution in [0.1, 0.15) is 0 Å². The van der Waals surface area contributed by atoms with Crippen LogP contribution in [0.15, 0.2) is 48.7 Å². The maximum atomic E-state index is 12.5. The molecule has 0 unspecified atom stereocenters. The Hall–Kier alpha value is -1.58. The van der Waals surface area contributed by atoms with Crippen LogP contribution in [0.25, 0.3) is 21.7 Å². The minimum atomic E-state index is -4.11. The van der Waals surface area contributed by atoms with Gasteiger partial charge in [-0.1, -0.05) is 0 Å². The van der Waals surface area contributed by atoms with Gasteiger partial charge in [0.05, 0.1) is 0 Å². The molecule has 0 N–H and O–H groups in total. The van der Waals surface area contributed by atoms with Crippen molar-refractivity contribution in [1.82, 2.24) is 4.98 Å². The van der Waals surface area contributed by atoms with E-state index in [2.05, 4.69) is 4.98 Å². The van der Waals surface area contributed by atoms with Crippen molar-refractivity contribution in [1.29, 1.82) is 0 Å². The Morgan fingerprint density at radius 3 is 2.60 bits per heavy atom. The number of nitrogens with zero attached hydrogens (tertiary/aromatic N) is 1. The normalized spacial score (nSPS) is 12.2. The minimum absolute atomic E-state index is 0.635. The number of halogens is 3. The van der Waals surface area contributed by atoms with Crippen molar-refractivity contribution in [2.24, 2.45) is 0 Å². The fourth-order valence-corrected chi connectivity index (χ4v) is 3.94. The molecule has 5 heteroatoms. The first kappa shape index (κ1) is 13.4. The van der Waals surface area contributed by atoms with E-state index in [4.69, 9.17) is 0 Å². The number of rotatable bonds is 2. The van der Waals surface area contributed by atoms with Crippen LogP contribution in [0.5, 0.6) is 0 Å². The van der Waals surface area contributed by atoms with Gasteiger partial charge < -0.3 is 0 Å². The van der Waals surface area contributed by atoms with E-state index < -0.39 is 26.5 Å². The molecule has 0 bridgehead atoms. The van der Waals surface area contributed by atoms with E-state index in [1.807, 2.05) is 30.3 Å². The molecule has 0 aliphatic rings. The van der Waals surface area contributed by atoms with E-state index >= 15 is 0 Å². The number of hydrogen-bond donors (Lipinski definition) is 0. The van der Waals surface area contributed by atoms with Crippen molar-refractivity contribution in [3.63, 3.8) is 0 Å². The summed E-state index contributed by atoms with van der Waals surface area (Å²) >= 11 is -0.635. The molecule has 0 fully saturated rings. The summed E-state index contributed by atoms with van der Waals surface area (Å²) < 4.78 is 38.1. The Bertz CT molecular complexity index is 768. The van der Waals surface area contributed by atoms with Gasteiger partial charge in [-0.25, -0.2) is 0 Å². The molecule has 0 aliphatic carbocycles. The summed E-state index contributed by atoms with van der Waals surface area (Å²) in [6.07, 6.45) is -2.35. The van der Waals surface area contributed by atoms with E-state index in [1.165, 1.54) is 0 Å². The van der Waals surface area contributed by atoms with Crippen LogP contribution < -0.4 is 4.46 Å². The Morgan fingerprint density at radius 2 is 1.80 bits per heavy atom. The molecule has 0 atom stereocenters. The van der Waals surface area contributed by atoms with Crippen molar-refractivity contribution >= 4 is 41.1 Å². The van der Waals surface area contributed by atoms with Gasteiger partial charge in [0.1, 0.15) is 0 Å². The number of fused-ring (bicyclic) bond motifs is 3. The summed E-state index contributed by atoms with van der Waals surface area (Å²) in [7, 11) is 0. The summed E-state index contributed by atoms with van der Waals surface area (Å²) in [5.41, 5.74) is 0.755. The van der Waals surface area contributed by atoms with Crippen molar-refractivity contribution in [2.45, 2.75) is 11.5 Å². The molecule has 0 saturated heterocycles. The topological polar surface area (TPSA) is 12.9 Å². The second-order valence-electron chi connectivity index (χ2n) is 4.40. The molecule has 1 aromatic heterocycles. The quantitative estimate of drug-likeness (QED) is 0.512. The van der Waals surface area contributed by atoms with Crippen molar-refractivity contribution in [3.05, 3.63) is 48.7 Å². The number of aromatic nitrogens is 1. The first-order chi connectivity index (χ1) is 9.54. The van der Waals surface area contributed by atoms with Crippen molar-refractivity contribution < 1.29 is 13.2 Å². The summed E-state index contributed by atoms with van der Waals surface area (Å²) in [5, 5.41) is 2.03. The third-order valence-electron chi connectivity index (χ3n) is 2.97. The van der Waals surface area contributed by atoms with E-state index in [0.29, 0.717) is 0 Å². The number of pyridine rings is 1. The molecule has 0 spiro atoms. The summed E-state index contributed by atoms with van der Waals surface area (Å²) in [6.45, 7) is 0. The van der Waals surface area contributed by atoms with Crippen molar-refractivity contribution in [3.8, 4) is 0 Å². The van der Waals surface area contributed by atoms with E-state index in [9.17, 15) is 13.2 Å². The van der Waals surface area contributed by atoms with Gasteiger partial charge in [0.2, 0.25) is 0 Å². The van der Waals surface area contributed by atoms with E-state index in [0.717, 1.165) is 26.1 Å². The van der Waals surface area contributed by atoms with Gasteiger partial charge in [0.15, 0.2) is 0 Å². The monoisotopic (exact) mass is 341 g/mol. The molecule has 3 aromatic rings. The first-order valence-corrected chi connectivity index (χ1v) is 8.07. The van der Waals surface area contributed by atoms with Crippen LogP contribution in [0, 0.1) is 0 Å². The predicted octanol–water partition coefficient (Wildman–Crippen LogP) is 3.70. The van der Waals surface area contributed by atoms with E-state index in [1.54, 1.807) is 18.3 Å². The van der Waals surface area contributed by atoms with Gasteiger partial charge in [-0.05, 0) is 0 Å². The van der Waals surface area contributed by atoms with Gasteiger partial charge in [0, 0.05) is 0 Å². The Kier molecular flexibility index (Phi) is 3.40. The fraction of sp³-hybridized carbons (Fsp3) is 0.133. The van der Waals surface area contributed by atoms with Crippen LogP contribution in [0.4, 0.5) is 13.2 Å². The van der Waals surface area contributed by atoms with Gasteiger partial charge in [-0.15, -0.1) is 0 Å². The second kappa shape index (κ2) is 5.08. The molecule has 20 heavy (non-hydrogen) atoms. The summed E-state index contributed by atoms with van der Waals surface area (Å²) in [5.74, 6) is 0. The van der Waals surface area contributed by atoms with Crippen LogP contribution in [0.3, 0.4) is 0 Å². The standard InChI is InChI=1S/C15H10F3NSe/c16-15(17,18)9-20-13-7-3-6-12-14(13)11-5-2-1-4-10(11)8-19-12/h1-8H,9H2. The molecule has 1 nitrogen and oxygen atoms in total. The molecule has 3 rings (SSSR count). The molecular weight excluding hydrogens is 330 g/mol. The molecule has 1 heterocycles. The molecule has 0 saturated carbocycles. The summed E-state index contributed by atoms with van der Waals surface area (Å²) in [4.78, 5) is 4.34. The van der Waals surface area contributed by atoms with E-state index in [-0.39, 0.29) is 0 Å². The summed E-state index contributed by atoms with van der Waals surface area (Å²) in [6, 6.07) is 13.1. The van der Waals surface area contributed by atoms with Gasteiger partial charge in [-0.3, -0.25) is 0 Å². The predicted molar refractivity (Wildman–Crippen MR) is 75.5 cm³/mol. The van der Waals surface area contributed by atoms with Crippen LogP contribution in [0.2, 0.25) is 5.32 Å². The third-order valence-corrected chi connectivity index (χ3v) is 5.32. The fourth-order valence-electron chi connectivity index (χ4n) is 2.15. The zero-order chi connectivity index (χ0) is 14.2. The first-order valence-electron chi connectivity index (χ1n) is 6.01. The number of hydrogen-bond acceptors (Lipinski definition) is 1. The molecule has 2 aromatic carbocycles. The van der Waals surface area contributed by atoms with Crippen LogP contribution in [-0.4, -0.2) is 26.1 Å². The number of benzene rings is 2. The average Bonchev–Trinajstić information content (AvgIpc) is 2.44. The Balaban J connectivity index is 2.18. The van der Waals surface area contributed by atoms with Gasteiger partial charge in [0.25, 0.3) is 0 Å².